The van der Waals surface area contributed by atoms with E-state index < -0.39 is 4.92 Å². The predicted molar refractivity (Wildman–Crippen MR) is 77.0 cm³/mol. The number of rotatable bonds is 4. The van der Waals surface area contributed by atoms with Crippen LogP contribution in [0.4, 0.5) is 5.69 Å². The zero-order chi connectivity index (χ0) is 14.7. The van der Waals surface area contributed by atoms with Crippen molar-refractivity contribution >= 4 is 5.69 Å². The third kappa shape index (κ3) is 3.46. The second-order valence-corrected chi connectivity index (χ2v) is 5.43. The molecule has 0 saturated carbocycles. The smallest absolute Gasteiger partial charge is 0.311 e. The van der Waals surface area contributed by atoms with Crippen LogP contribution in [-0.4, -0.2) is 42.1 Å². The minimum Gasteiger partial charge on any atom is -0.490 e. The van der Waals surface area contributed by atoms with E-state index in [4.69, 9.17) is 4.74 Å². The molecule has 6 nitrogen and oxygen atoms in total. The van der Waals surface area contributed by atoms with Gasteiger partial charge in [0.1, 0.15) is 0 Å². The summed E-state index contributed by atoms with van der Waals surface area (Å²) < 4.78 is 5.02. The Balaban J connectivity index is 2.13. The molecule has 1 aliphatic rings. The van der Waals surface area contributed by atoms with Crippen LogP contribution in [0.3, 0.4) is 0 Å². The molecule has 0 amide bonds. The molecule has 110 valence electrons. The SMILES string of the molecule is COc1ccc(CN2CC(C)NC(C)C2)cc1[N+](=O)[O-]. The molecule has 2 unspecified atom stereocenters. The summed E-state index contributed by atoms with van der Waals surface area (Å²) in [4.78, 5) is 13.0. The Bertz CT molecular complexity index is 483. The number of nitro benzene ring substituents is 1. The zero-order valence-corrected chi connectivity index (χ0v) is 12.1. The molecule has 1 N–H and O–H groups in total. The van der Waals surface area contributed by atoms with Gasteiger partial charge in [-0.1, -0.05) is 6.07 Å². The van der Waals surface area contributed by atoms with E-state index in [0.29, 0.717) is 17.8 Å². The van der Waals surface area contributed by atoms with Crippen LogP contribution in [0.1, 0.15) is 19.4 Å². The average Bonchev–Trinajstić information content (AvgIpc) is 2.37. The van der Waals surface area contributed by atoms with E-state index in [0.717, 1.165) is 25.2 Å². The quantitative estimate of drug-likeness (QED) is 0.672. The highest BCUT2D eigenvalue weighted by molar-refractivity contribution is 5.48. The van der Waals surface area contributed by atoms with Crippen LogP contribution in [0.2, 0.25) is 0 Å². The minimum absolute atomic E-state index is 0.0289. The summed E-state index contributed by atoms with van der Waals surface area (Å²) in [7, 11) is 1.45. The van der Waals surface area contributed by atoms with Gasteiger partial charge in [0.05, 0.1) is 12.0 Å². The van der Waals surface area contributed by atoms with Crippen LogP contribution in [-0.2, 0) is 6.54 Å². The van der Waals surface area contributed by atoms with Gasteiger partial charge in [0.15, 0.2) is 5.75 Å². The molecular weight excluding hydrogens is 258 g/mol. The summed E-state index contributed by atoms with van der Waals surface area (Å²) in [6.07, 6.45) is 0. The van der Waals surface area contributed by atoms with Crippen molar-refractivity contribution in [2.75, 3.05) is 20.2 Å². The molecule has 1 fully saturated rings. The molecule has 2 rings (SSSR count). The van der Waals surface area contributed by atoms with Gasteiger partial charge in [0.25, 0.3) is 0 Å². The summed E-state index contributed by atoms with van der Waals surface area (Å²) in [5.74, 6) is 0.306. The maximum absolute atomic E-state index is 11.0. The monoisotopic (exact) mass is 279 g/mol. The Morgan fingerprint density at radius 2 is 2.05 bits per heavy atom. The number of nitrogens with one attached hydrogen (secondary N) is 1. The summed E-state index contributed by atoms with van der Waals surface area (Å²) >= 11 is 0. The van der Waals surface area contributed by atoms with Crippen molar-refractivity contribution in [2.45, 2.75) is 32.5 Å². The Hall–Kier alpha value is -1.66. The first kappa shape index (κ1) is 14.7. The third-order valence-corrected chi connectivity index (χ3v) is 3.48. The van der Waals surface area contributed by atoms with E-state index in [2.05, 4.69) is 24.1 Å². The number of benzene rings is 1. The molecule has 1 aromatic rings. The van der Waals surface area contributed by atoms with Crippen LogP contribution in [0, 0.1) is 10.1 Å². The van der Waals surface area contributed by atoms with Gasteiger partial charge in [0.2, 0.25) is 0 Å². The van der Waals surface area contributed by atoms with E-state index >= 15 is 0 Å². The first-order valence-corrected chi connectivity index (χ1v) is 6.79. The Kier molecular flexibility index (Phi) is 4.57. The van der Waals surface area contributed by atoms with E-state index in [-0.39, 0.29) is 5.69 Å². The fourth-order valence-electron chi connectivity index (χ4n) is 2.80. The summed E-state index contributed by atoms with van der Waals surface area (Å²) in [5, 5.41) is 14.5. The lowest BCUT2D eigenvalue weighted by Gasteiger charge is -2.36. The molecule has 0 aliphatic carbocycles. The Morgan fingerprint density at radius 3 is 2.60 bits per heavy atom. The van der Waals surface area contributed by atoms with Crippen molar-refractivity contribution in [2.24, 2.45) is 0 Å². The second-order valence-electron chi connectivity index (χ2n) is 5.43. The number of nitro groups is 1. The van der Waals surface area contributed by atoms with Crippen LogP contribution >= 0.6 is 0 Å². The van der Waals surface area contributed by atoms with Gasteiger partial charge in [0, 0.05) is 37.8 Å². The fourth-order valence-corrected chi connectivity index (χ4v) is 2.80. The minimum atomic E-state index is -0.397. The molecule has 20 heavy (non-hydrogen) atoms. The van der Waals surface area contributed by atoms with E-state index in [1.807, 2.05) is 6.07 Å². The number of hydrogen-bond acceptors (Lipinski definition) is 5. The molecule has 6 heteroatoms. The van der Waals surface area contributed by atoms with Gasteiger partial charge in [-0.2, -0.15) is 0 Å². The highest BCUT2D eigenvalue weighted by Gasteiger charge is 2.22. The lowest BCUT2D eigenvalue weighted by Crippen LogP contribution is -2.53. The summed E-state index contributed by atoms with van der Waals surface area (Å²) in [6, 6.07) is 6.04. The predicted octanol–water partition coefficient (Wildman–Crippen LogP) is 1.79. The Labute approximate surface area is 118 Å². The largest absolute Gasteiger partial charge is 0.490 e. The second kappa shape index (κ2) is 6.19. The van der Waals surface area contributed by atoms with Gasteiger partial charge in [-0.3, -0.25) is 15.0 Å². The fraction of sp³-hybridized carbons (Fsp3) is 0.571. The third-order valence-electron chi connectivity index (χ3n) is 3.48. The lowest BCUT2D eigenvalue weighted by molar-refractivity contribution is -0.385. The van der Waals surface area contributed by atoms with Gasteiger partial charge >= 0.3 is 5.69 Å². The van der Waals surface area contributed by atoms with Gasteiger partial charge < -0.3 is 10.1 Å². The van der Waals surface area contributed by atoms with Crippen LogP contribution in [0.25, 0.3) is 0 Å². The van der Waals surface area contributed by atoms with Crippen molar-refractivity contribution < 1.29 is 9.66 Å². The standard InChI is InChI=1S/C14H21N3O3/c1-10-7-16(8-11(2)15-10)9-12-4-5-14(20-3)13(6-12)17(18)19/h4-6,10-11,15H,7-9H2,1-3H3. The molecule has 0 spiro atoms. The molecule has 1 heterocycles. The van der Waals surface area contributed by atoms with Gasteiger partial charge in [-0.25, -0.2) is 0 Å². The van der Waals surface area contributed by atoms with E-state index in [9.17, 15) is 10.1 Å². The number of nitrogens with zero attached hydrogens (tertiary/aromatic N) is 2. The molecular formula is C14H21N3O3. The average molecular weight is 279 g/mol. The van der Waals surface area contributed by atoms with Crippen molar-refractivity contribution in [1.29, 1.82) is 0 Å². The normalized spacial score (nSPS) is 23.6. The number of ether oxygens (including phenoxy) is 1. The number of hydrogen-bond donors (Lipinski definition) is 1. The van der Waals surface area contributed by atoms with Crippen LogP contribution in [0.15, 0.2) is 18.2 Å². The first-order chi connectivity index (χ1) is 9.49. The maximum Gasteiger partial charge on any atom is 0.311 e. The number of piperazine rings is 1. The molecule has 2 atom stereocenters. The molecule has 1 aliphatic heterocycles. The van der Waals surface area contributed by atoms with E-state index in [1.54, 1.807) is 12.1 Å². The molecule has 0 bridgehead atoms. The highest BCUT2D eigenvalue weighted by Crippen LogP contribution is 2.28. The summed E-state index contributed by atoms with van der Waals surface area (Å²) in [6.45, 7) is 6.92. The van der Waals surface area contributed by atoms with Gasteiger partial charge in [-0.05, 0) is 25.5 Å². The Morgan fingerprint density at radius 1 is 1.40 bits per heavy atom. The van der Waals surface area contributed by atoms with Crippen LogP contribution < -0.4 is 10.1 Å². The van der Waals surface area contributed by atoms with Crippen molar-refractivity contribution in [3.05, 3.63) is 33.9 Å². The molecule has 0 radical (unpaired) electrons. The van der Waals surface area contributed by atoms with Crippen molar-refractivity contribution in [3.8, 4) is 5.75 Å². The van der Waals surface area contributed by atoms with Gasteiger partial charge in [-0.15, -0.1) is 0 Å². The maximum atomic E-state index is 11.0. The van der Waals surface area contributed by atoms with Crippen molar-refractivity contribution in [1.82, 2.24) is 10.2 Å². The van der Waals surface area contributed by atoms with Crippen LogP contribution in [0.5, 0.6) is 5.75 Å². The topological polar surface area (TPSA) is 67.6 Å². The number of methoxy groups -OCH3 is 1. The first-order valence-electron chi connectivity index (χ1n) is 6.79. The van der Waals surface area contributed by atoms with Crippen molar-refractivity contribution in [3.63, 3.8) is 0 Å². The molecule has 0 aromatic heterocycles. The summed E-state index contributed by atoms with van der Waals surface area (Å²) in [5.41, 5.74) is 0.972. The molecule has 1 saturated heterocycles. The lowest BCUT2D eigenvalue weighted by atomic mass is 10.1. The van der Waals surface area contributed by atoms with E-state index in [1.165, 1.54) is 7.11 Å². The highest BCUT2D eigenvalue weighted by atomic mass is 16.6. The zero-order valence-electron chi connectivity index (χ0n) is 12.1. The molecule has 1 aromatic carbocycles.